The van der Waals surface area contributed by atoms with Crippen LogP contribution in [0, 0.1) is 17.3 Å². The molecule has 0 bridgehead atoms. The van der Waals surface area contributed by atoms with Crippen molar-refractivity contribution in [1.82, 2.24) is 0 Å². The second-order valence-electron chi connectivity index (χ2n) is 5.24. The lowest BCUT2D eigenvalue weighted by Crippen LogP contribution is -2.32. The van der Waals surface area contributed by atoms with Gasteiger partial charge in [0.2, 0.25) is 0 Å². The van der Waals surface area contributed by atoms with Gasteiger partial charge in [-0.25, -0.2) is 0 Å². The van der Waals surface area contributed by atoms with Crippen molar-refractivity contribution in [2.24, 2.45) is 22.2 Å². The first kappa shape index (κ1) is 10.5. The second kappa shape index (κ2) is 3.65. The highest BCUT2D eigenvalue weighted by Crippen LogP contribution is 2.31. The summed E-state index contributed by atoms with van der Waals surface area (Å²) in [4.78, 5) is 4.54. The fourth-order valence-corrected chi connectivity index (χ4v) is 1.89. The zero-order chi connectivity index (χ0) is 10.1. The van der Waals surface area contributed by atoms with Crippen molar-refractivity contribution in [3.05, 3.63) is 12.3 Å². The molecule has 0 aliphatic carbocycles. The molecule has 0 saturated heterocycles. The van der Waals surface area contributed by atoms with E-state index in [1.54, 1.807) is 0 Å². The first-order valence-electron chi connectivity index (χ1n) is 5.16. The topological polar surface area (TPSA) is 12.4 Å². The molecule has 0 saturated carbocycles. The van der Waals surface area contributed by atoms with Crippen LogP contribution in [0.5, 0.6) is 0 Å². The largest absolute Gasteiger partial charge is 0.265 e. The molecule has 13 heavy (non-hydrogen) atoms. The lowest BCUT2D eigenvalue weighted by molar-refractivity contribution is 0.441. The smallest absolute Gasteiger partial charge is 0.0268 e. The van der Waals surface area contributed by atoms with E-state index in [1.807, 2.05) is 6.20 Å². The SMILES string of the molecule is CC(C)C1CC=CN=C1C(C)(C)C. The summed E-state index contributed by atoms with van der Waals surface area (Å²) in [7, 11) is 0. The second-order valence-corrected chi connectivity index (χ2v) is 5.24. The average molecular weight is 179 g/mol. The maximum atomic E-state index is 4.54. The van der Waals surface area contributed by atoms with Crippen LogP contribution in [0.3, 0.4) is 0 Å². The van der Waals surface area contributed by atoms with Gasteiger partial charge < -0.3 is 0 Å². The van der Waals surface area contributed by atoms with Gasteiger partial charge in [0, 0.05) is 23.2 Å². The van der Waals surface area contributed by atoms with Gasteiger partial charge in [0.15, 0.2) is 0 Å². The standard InChI is InChI=1S/C12H21N/c1-9(2)10-7-6-8-13-11(10)12(3,4)5/h6,8-10H,7H2,1-5H3. The molecule has 0 fully saturated rings. The summed E-state index contributed by atoms with van der Waals surface area (Å²) in [5.41, 5.74) is 1.59. The Labute approximate surface area is 82.0 Å². The highest BCUT2D eigenvalue weighted by atomic mass is 14.7. The number of nitrogens with zero attached hydrogens (tertiary/aromatic N) is 1. The Morgan fingerprint density at radius 2 is 2.00 bits per heavy atom. The molecular formula is C12H21N. The maximum Gasteiger partial charge on any atom is 0.0268 e. The summed E-state index contributed by atoms with van der Waals surface area (Å²) >= 11 is 0. The molecule has 0 spiro atoms. The van der Waals surface area contributed by atoms with Crippen LogP contribution in [-0.2, 0) is 0 Å². The number of hydrogen-bond donors (Lipinski definition) is 0. The predicted molar refractivity (Wildman–Crippen MR) is 59.0 cm³/mol. The number of aliphatic imine (C=N–C) groups is 1. The van der Waals surface area contributed by atoms with Crippen molar-refractivity contribution in [3.8, 4) is 0 Å². The molecule has 0 aromatic carbocycles. The van der Waals surface area contributed by atoms with Crippen molar-refractivity contribution in [3.63, 3.8) is 0 Å². The van der Waals surface area contributed by atoms with E-state index in [9.17, 15) is 0 Å². The molecule has 1 atom stereocenters. The van der Waals surface area contributed by atoms with Gasteiger partial charge in [-0.2, -0.15) is 0 Å². The van der Waals surface area contributed by atoms with E-state index in [0.717, 1.165) is 6.42 Å². The molecule has 1 nitrogen and oxygen atoms in total. The zero-order valence-electron chi connectivity index (χ0n) is 9.46. The molecule has 1 rings (SSSR count). The van der Waals surface area contributed by atoms with Crippen molar-refractivity contribution in [2.75, 3.05) is 0 Å². The van der Waals surface area contributed by atoms with Crippen LogP contribution in [0.2, 0.25) is 0 Å². The summed E-state index contributed by atoms with van der Waals surface area (Å²) in [6.07, 6.45) is 5.30. The highest BCUT2D eigenvalue weighted by Gasteiger charge is 2.29. The Morgan fingerprint density at radius 3 is 2.38 bits per heavy atom. The molecule has 0 N–H and O–H groups in total. The van der Waals surface area contributed by atoms with Crippen LogP contribution in [0.4, 0.5) is 0 Å². The Morgan fingerprint density at radius 1 is 1.38 bits per heavy atom. The molecule has 1 unspecified atom stereocenters. The normalized spacial score (nSPS) is 23.5. The quantitative estimate of drug-likeness (QED) is 0.582. The summed E-state index contributed by atoms with van der Waals surface area (Å²) in [6, 6.07) is 0. The molecule has 1 aliphatic rings. The van der Waals surface area contributed by atoms with E-state index in [1.165, 1.54) is 5.71 Å². The van der Waals surface area contributed by atoms with E-state index in [-0.39, 0.29) is 5.41 Å². The lowest BCUT2D eigenvalue weighted by Gasteiger charge is -2.32. The molecule has 0 aromatic heterocycles. The fourth-order valence-electron chi connectivity index (χ4n) is 1.89. The highest BCUT2D eigenvalue weighted by molar-refractivity contribution is 5.92. The van der Waals surface area contributed by atoms with Crippen molar-refractivity contribution in [2.45, 2.75) is 41.0 Å². The van der Waals surface area contributed by atoms with Gasteiger partial charge in [0.1, 0.15) is 0 Å². The monoisotopic (exact) mass is 179 g/mol. The van der Waals surface area contributed by atoms with E-state index in [2.05, 4.69) is 45.7 Å². The summed E-state index contributed by atoms with van der Waals surface area (Å²) in [5.74, 6) is 1.34. The van der Waals surface area contributed by atoms with E-state index in [4.69, 9.17) is 0 Å². The Kier molecular flexibility index (Phi) is 2.94. The zero-order valence-corrected chi connectivity index (χ0v) is 9.46. The Bertz CT molecular complexity index is 228. The minimum absolute atomic E-state index is 0.222. The average Bonchev–Trinajstić information content (AvgIpc) is 2.03. The van der Waals surface area contributed by atoms with Gasteiger partial charge in [-0.3, -0.25) is 4.99 Å². The van der Waals surface area contributed by atoms with Crippen LogP contribution in [0.1, 0.15) is 41.0 Å². The first-order chi connectivity index (χ1) is 5.93. The van der Waals surface area contributed by atoms with Gasteiger partial charge in [0.25, 0.3) is 0 Å². The third-order valence-corrected chi connectivity index (χ3v) is 2.63. The number of allylic oxidation sites excluding steroid dienone is 1. The summed E-state index contributed by atoms with van der Waals surface area (Å²) < 4.78 is 0. The third kappa shape index (κ3) is 2.43. The minimum atomic E-state index is 0.222. The van der Waals surface area contributed by atoms with Crippen LogP contribution in [0.15, 0.2) is 17.3 Å². The maximum absolute atomic E-state index is 4.54. The first-order valence-corrected chi connectivity index (χ1v) is 5.16. The van der Waals surface area contributed by atoms with E-state index in [0.29, 0.717) is 11.8 Å². The van der Waals surface area contributed by atoms with Gasteiger partial charge in [-0.1, -0.05) is 40.7 Å². The van der Waals surface area contributed by atoms with Crippen LogP contribution < -0.4 is 0 Å². The van der Waals surface area contributed by atoms with E-state index >= 15 is 0 Å². The molecule has 0 amide bonds. The molecule has 1 heterocycles. The van der Waals surface area contributed by atoms with Gasteiger partial charge in [0.05, 0.1) is 0 Å². The molecule has 74 valence electrons. The van der Waals surface area contributed by atoms with Crippen molar-refractivity contribution < 1.29 is 0 Å². The fraction of sp³-hybridized carbons (Fsp3) is 0.750. The molecular weight excluding hydrogens is 158 g/mol. The number of rotatable bonds is 1. The van der Waals surface area contributed by atoms with Crippen molar-refractivity contribution in [1.29, 1.82) is 0 Å². The molecule has 0 aromatic rings. The molecule has 1 aliphatic heterocycles. The van der Waals surface area contributed by atoms with E-state index < -0.39 is 0 Å². The van der Waals surface area contributed by atoms with Crippen LogP contribution >= 0.6 is 0 Å². The van der Waals surface area contributed by atoms with Crippen LogP contribution in [0.25, 0.3) is 0 Å². The van der Waals surface area contributed by atoms with Gasteiger partial charge >= 0.3 is 0 Å². The lowest BCUT2D eigenvalue weighted by atomic mass is 9.75. The van der Waals surface area contributed by atoms with Gasteiger partial charge in [-0.15, -0.1) is 0 Å². The van der Waals surface area contributed by atoms with Crippen molar-refractivity contribution >= 4 is 5.71 Å². The Balaban J connectivity index is 2.90. The number of hydrogen-bond acceptors (Lipinski definition) is 1. The van der Waals surface area contributed by atoms with Gasteiger partial charge in [-0.05, 0) is 12.3 Å². The molecule has 1 heteroatoms. The Hall–Kier alpha value is -0.590. The minimum Gasteiger partial charge on any atom is -0.265 e. The summed E-state index contributed by atoms with van der Waals surface area (Å²) in [5, 5.41) is 0. The predicted octanol–water partition coefficient (Wildman–Crippen LogP) is 3.66. The van der Waals surface area contributed by atoms with Crippen LogP contribution in [-0.4, -0.2) is 5.71 Å². The summed E-state index contributed by atoms with van der Waals surface area (Å²) in [6.45, 7) is 11.3. The third-order valence-electron chi connectivity index (χ3n) is 2.63. The molecule has 0 radical (unpaired) electrons.